The molecular weight excluding hydrogens is 300 g/mol. The Kier molecular flexibility index (Phi) is 7.59. The van der Waals surface area contributed by atoms with Crippen molar-refractivity contribution >= 4 is 17.9 Å². The van der Waals surface area contributed by atoms with Crippen LogP contribution in [0.2, 0.25) is 0 Å². The second-order valence-corrected chi connectivity index (χ2v) is 5.05. The van der Waals surface area contributed by atoms with Crippen LogP contribution in [-0.2, 0) is 14.3 Å². The maximum Gasteiger partial charge on any atom is 0.344 e. The van der Waals surface area contributed by atoms with Crippen LogP contribution < -0.4 is 15.4 Å². The zero-order valence-corrected chi connectivity index (χ0v) is 13.5. The van der Waals surface area contributed by atoms with Gasteiger partial charge < -0.3 is 14.8 Å². The van der Waals surface area contributed by atoms with Gasteiger partial charge in [-0.05, 0) is 31.9 Å². The number of aryl methyl sites for hydroxylation is 1. The summed E-state index contributed by atoms with van der Waals surface area (Å²) in [6.45, 7) is 4.72. The van der Waals surface area contributed by atoms with Crippen LogP contribution in [0.25, 0.3) is 0 Å². The van der Waals surface area contributed by atoms with E-state index < -0.39 is 24.5 Å². The molecule has 0 saturated heterocycles. The Hall–Kier alpha value is -2.57. The van der Waals surface area contributed by atoms with Gasteiger partial charge in [-0.25, -0.2) is 9.59 Å². The number of benzene rings is 1. The van der Waals surface area contributed by atoms with Crippen molar-refractivity contribution in [3.8, 4) is 5.75 Å². The molecule has 0 spiro atoms. The van der Waals surface area contributed by atoms with Crippen LogP contribution in [0.4, 0.5) is 4.79 Å². The number of rotatable bonds is 7. The third kappa shape index (κ3) is 7.30. The Bertz CT molecular complexity index is 559. The fourth-order valence-electron chi connectivity index (χ4n) is 1.57. The van der Waals surface area contributed by atoms with Crippen molar-refractivity contribution < 1.29 is 23.9 Å². The van der Waals surface area contributed by atoms with E-state index in [0.29, 0.717) is 5.75 Å². The summed E-state index contributed by atoms with van der Waals surface area (Å²) in [5.41, 5.74) is 0.889. The number of carbonyl (C=O) groups excluding carboxylic acids is 3. The molecular formula is C16H22N2O5. The number of esters is 1. The SMILES string of the molecule is CC[C@@H](C)NC(=O)NC(=O)COC(=O)COc1ccccc1C. The molecule has 0 saturated carbocycles. The minimum atomic E-state index is -0.699. The predicted octanol–water partition coefficient (Wildman–Crippen LogP) is 1.54. The number of urea groups is 1. The third-order valence-electron chi connectivity index (χ3n) is 3.05. The lowest BCUT2D eigenvalue weighted by atomic mass is 10.2. The van der Waals surface area contributed by atoms with Crippen LogP contribution in [0.15, 0.2) is 24.3 Å². The first-order valence-electron chi connectivity index (χ1n) is 7.36. The molecule has 0 radical (unpaired) electrons. The first-order chi connectivity index (χ1) is 10.9. The molecule has 2 N–H and O–H groups in total. The number of ether oxygens (including phenoxy) is 2. The van der Waals surface area contributed by atoms with Crippen molar-refractivity contribution in [1.82, 2.24) is 10.6 Å². The van der Waals surface area contributed by atoms with Gasteiger partial charge in [0.1, 0.15) is 5.75 Å². The lowest BCUT2D eigenvalue weighted by Crippen LogP contribution is -2.44. The average Bonchev–Trinajstić information content (AvgIpc) is 2.51. The maximum absolute atomic E-state index is 11.5. The van der Waals surface area contributed by atoms with Gasteiger partial charge in [-0.1, -0.05) is 25.1 Å². The highest BCUT2D eigenvalue weighted by atomic mass is 16.6. The Labute approximate surface area is 135 Å². The molecule has 1 aromatic rings. The standard InChI is InChI=1S/C16H22N2O5/c1-4-12(3)17-16(21)18-14(19)9-23-15(20)10-22-13-8-6-5-7-11(13)2/h5-8,12H,4,9-10H2,1-3H3,(H2,17,18,19,21)/t12-/m1/s1. The van der Waals surface area contributed by atoms with E-state index in [1.165, 1.54) is 0 Å². The van der Waals surface area contributed by atoms with Gasteiger partial charge in [0.2, 0.25) is 0 Å². The lowest BCUT2D eigenvalue weighted by Gasteiger charge is -2.12. The number of nitrogens with one attached hydrogen (secondary N) is 2. The van der Waals surface area contributed by atoms with Gasteiger partial charge in [0, 0.05) is 6.04 Å². The second kappa shape index (κ2) is 9.45. The highest BCUT2D eigenvalue weighted by molar-refractivity contribution is 5.95. The highest BCUT2D eigenvalue weighted by Gasteiger charge is 2.12. The molecule has 0 aliphatic carbocycles. The molecule has 0 unspecified atom stereocenters. The Morgan fingerprint density at radius 1 is 1.17 bits per heavy atom. The van der Waals surface area contributed by atoms with Gasteiger partial charge in [0.15, 0.2) is 13.2 Å². The molecule has 0 heterocycles. The number of amides is 3. The summed E-state index contributed by atoms with van der Waals surface area (Å²) >= 11 is 0. The molecule has 1 atom stereocenters. The monoisotopic (exact) mass is 322 g/mol. The molecule has 0 aliphatic heterocycles. The van der Waals surface area contributed by atoms with Crippen LogP contribution in [0.3, 0.4) is 0 Å². The van der Waals surface area contributed by atoms with E-state index in [9.17, 15) is 14.4 Å². The summed E-state index contributed by atoms with van der Waals surface area (Å²) in [5, 5.41) is 4.64. The zero-order chi connectivity index (χ0) is 17.2. The average molecular weight is 322 g/mol. The highest BCUT2D eigenvalue weighted by Crippen LogP contribution is 2.15. The van der Waals surface area contributed by atoms with Crippen LogP contribution in [0.1, 0.15) is 25.8 Å². The fraction of sp³-hybridized carbons (Fsp3) is 0.438. The minimum absolute atomic E-state index is 0.0483. The number of para-hydroxylation sites is 1. The van der Waals surface area contributed by atoms with E-state index >= 15 is 0 Å². The van der Waals surface area contributed by atoms with Gasteiger partial charge in [0.05, 0.1) is 0 Å². The van der Waals surface area contributed by atoms with Gasteiger partial charge in [0.25, 0.3) is 5.91 Å². The van der Waals surface area contributed by atoms with Gasteiger partial charge >= 0.3 is 12.0 Å². The van der Waals surface area contributed by atoms with Gasteiger partial charge in [-0.2, -0.15) is 0 Å². The summed E-state index contributed by atoms with van der Waals surface area (Å²) in [5.74, 6) is -0.817. The van der Waals surface area contributed by atoms with Crippen LogP contribution >= 0.6 is 0 Å². The molecule has 0 aliphatic rings. The Morgan fingerprint density at radius 2 is 1.87 bits per heavy atom. The topological polar surface area (TPSA) is 93.7 Å². The van der Waals surface area contributed by atoms with E-state index in [1.807, 2.05) is 32.9 Å². The smallest absolute Gasteiger partial charge is 0.344 e. The first kappa shape index (κ1) is 18.5. The van der Waals surface area contributed by atoms with E-state index in [4.69, 9.17) is 9.47 Å². The molecule has 7 nitrogen and oxygen atoms in total. The predicted molar refractivity (Wildman–Crippen MR) is 84.1 cm³/mol. The van der Waals surface area contributed by atoms with Crippen molar-refractivity contribution in [1.29, 1.82) is 0 Å². The largest absolute Gasteiger partial charge is 0.482 e. The second-order valence-electron chi connectivity index (χ2n) is 5.05. The molecule has 0 bridgehead atoms. The maximum atomic E-state index is 11.5. The van der Waals surface area contributed by atoms with Crippen LogP contribution in [-0.4, -0.2) is 37.2 Å². The van der Waals surface area contributed by atoms with Gasteiger partial charge in [-0.15, -0.1) is 0 Å². The molecule has 0 fully saturated rings. The summed E-state index contributed by atoms with van der Waals surface area (Å²) in [4.78, 5) is 34.4. The first-order valence-corrected chi connectivity index (χ1v) is 7.36. The minimum Gasteiger partial charge on any atom is -0.482 e. The quantitative estimate of drug-likeness (QED) is 0.743. The number of carbonyl (C=O) groups is 3. The molecule has 1 aromatic carbocycles. The van der Waals surface area contributed by atoms with E-state index in [0.717, 1.165) is 12.0 Å². The van der Waals surface area contributed by atoms with Crippen molar-refractivity contribution in [2.45, 2.75) is 33.2 Å². The summed E-state index contributed by atoms with van der Waals surface area (Å²) in [7, 11) is 0. The zero-order valence-electron chi connectivity index (χ0n) is 13.5. The van der Waals surface area contributed by atoms with Crippen molar-refractivity contribution in [2.75, 3.05) is 13.2 Å². The molecule has 126 valence electrons. The third-order valence-corrected chi connectivity index (χ3v) is 3.05. The van der Waals surface area contributed by atoms with Crippen LogP contribution in [0.5, 0.6) is 5.75 Å². The Morgan fingerprint density at radius 3 is 2.52 bits per heavy atom. The molecule has 0 aromatic heterocycles. The summed E-state index contributed by atoms with van der Waals surface area (Å²) < 4.78 is 10.0. The van der Waals surface area contributed by atoms with E-state index in [1.54, 1.807) is 12.1 Å². The Balaban J connectivity index is 2.26. The van der Waals surface area contributed by atoms with E-state index in [2.05, 4.69) is 10.6 Å². The number of imide groups is 1. The molecule has 3 amide bonds. The summed E-state index contributed by atoms with van der Waals surface area (Å²) in [6, 6.07) is 6.56. The van der Waals surface area contributed by atoms with Crippen LogP contribution in [0, 0.1) is 6.92 Å². The normalized spacial score (nSPS) is 11.3. The van der Waals surface area contributed by atoms with Crippen molar-refractivity contribution in [2.24, 2.45) is 0 Å². The van der Waals surface area contributed by atoms with Crippen molar-refractivity contribution in [3.63, 3.8) is 0 Å². The number of hydrogen-bond donors (Lipinski definition) is 2. The lowest BCUT2D eigenvalue weighted by molar-refractivity contribution is -0.150. The molecule has 23 heavy (non-hydrogen) atoms. The summed E-state index contributed by atoms with van der Waals surface area (Å²) in [6.07, 6.45) is 0.743. The fourth-order valence-corrected chi connectivity index (χ4v) is 1.57. The number of hydrogen-bond acceptors (Lipinski definition) is 5. The molecule has 1 rings (SSSR count). The van der Waals surface area contributed by atoms with E-state index in [-0.39, 0.29) is 12.6 Å². The molecule has 7 heteroatoms. The van der Waals surface area contributed by atoms with Gasteiger partial charge in [-0.3, -0.25) is 10.1 Å². The van der Waals surface area contributed by atoms with Crippen molar-refractivity contribution in [3.05, 3.63) is 29.8 Å².